The number of likely N-dealkylation sites (tertiary alicyclic amines) is 1. The first-order valence-electron chi connectivity index (χ1n) is 10.8. The summed E-state index contributed by atoms with van der Waals surface area (Å²) in [6.07, 6.45) is 5.57. The summed E-state index contributed by atoms with van der Waals surface area (Å²) < 4.78 is 11.1. The van der Waals surface area contributed by atoms with Crippen LogP contribution in [0.1, 0.15) is 46.7 Å². The van der Waals surface area contributed by atoms with Crippen LogP contribution in [0.25, 0.3) is 17.1 Å². The van der Waals surface area contributed by atoms with E-state index in [1.807, 2.05) is 39.0 Å². The van der Waals surface area contributed by atoms with E-state index < -0.39 is 0 Å². The number of pyridine rings is 1. The molecule has 1 amide bonds. The molecule has 0 N–H and O–H groups in total. The molecule has 0 unspecified atom stereocenters. The molecule has 10 heteroatoms. The van der Waals surface area contributed by atoms with E-state index in [0.29, 0.717) is 47.6 Å². The van der Waals surface area contributed by atoms with Crippen molar-refractivity contribution in [3.05, 3.63) is 65.4 Å². The van der Waals surface area contributed by atoms with Gasteiger partial charge in [-0.25, -0.2) is 4.98 Å². The number of nitrogens with zero attached hydrogens (tertiary/aromatic N) is 7. The van der Waals surface area contributed by atoms with Crippen LogP contribution in [0.5, 0.6) is 5.88 Å². The number of hydrogen-bond donors (Lipinski definition) is 0. The summed E-state index contributed by atoms with van der Waals surface area (Å²) >= 11 is 0. The Morgan fingerprint density at radius 2 is 1.97 bits per heavy atom. The van der Waals surface area contributed by atoms with Gasteiger partial charge in [0.1, 0.15) is 5.56 Å². The number of rotatable bonds is 6. The second-order valence-electron chi connectivity index (χ2n) is 7.82. The summed E-state index contributed by atoms with van der Waals surface area (Å²) in [5, 5.41) is 12.6. The van der Waals surface area contributed by atoms with Gasteiger partial charge in [-0.2, -0.15) is 20.0 Å². The lowest BCUT2D eigenvalue weighted by molar-refractivity contribution is 0.0435. The zero-order valence-electron chi connectivity index (χ0n) is 18.6. The van der Waals surface area contributed by atoms with Crippen LogP contribution in [0.3, 0.4) is 0 Å². The molecule has 3 aromatic heterocycles. The molecule has 5 rings (SSSR count). The molecule has 0 bridgehead atoms. The van der Waals surface area contributed by atoms with E-state index in [2.05, 4.69) is 25.3 Å². The minimum atomic E-state index is -0.276. The Hall–Kier alpha value is -4.08. The smallest absolute Gasteiger partial charge is 0.263 e. The molecular weight excluding hydrogens is 422 g/mol. The molecule has 1 aromatic carbocycles. The van der Waals surface area contributed by atoms with E-state index in [0.717, 1.165) is 17.5 Å². The van der Waals surface area contributed by atoms with Gasteiger partial charge in [-0.3, -0.25) is 4.79 Å². The maximum absolute atomic E-state index is 13.5. The SMILES string of the molecule is CCOc1ncccc1-c1nc([C@@H]2CCN2C(=O)c2cc(C)c(C)cc2-n2nccn2)no1. The fourth-order valence-corrected chi connectivity index (χ4v) is 3.82. The largest absolute Gasteiger partial charge is 0.477 e. The molecule has 0 spiro atoms. The monoisotopic (exact) mass is 445 g/mol. The van der Waals surface area contributed by atoms with Gasteiger partial charge in [0.2, 0.25) is 5.88 Å². The number of ether oxygens (including phenoxy) is 1. The summed E-state index contributed by atoms with van der Waals surface area (Å²) in [6, 6.07) is 7.14. The van der Waals surface area contributed by atoms with Gasteiger partial charge in [0.25, 0.3) is 11.8 Å². The first-order valence-corrected chi connectivity index (χ1v) is 10.8. The standard InChI is InChI=1S/C23H23N7O3/c1-4-32-21-16(6-5-8-24-21)22-27-20(28-33-22)18-7-11-29(18)23(31)17-12-14(2)15(3)13-19(17)30-25-9-10-26-30/h5-6,8-10,12-13,18H,4,7,11H2,1-3H3/t18-/m0/s1. The Bertz CT molecular complexity index is 1300. The van der Waals surface area contributed by atoms with Crippen molar-refractivity contribution >= 4 is 5.91 Å². The van der Waals surface area contributed by atoms with Crippen LogP contribution in [0, 0.1) is 13.8 Å². The van der Waals surface area contributed by atoms with Crippen LogP contribution in [0.15, 0.2) is 47.4 Å². The van der Waals surface area contributed by atoms with Gasteiger partial charge in [0.15, 0.2) is 5.82 Å². The zero-order valence-corrected chi connectivity index (χ0v) is 18.6. The maximum atomic E-state index is 13.5. The normalized spacial score (nSPS) is 15.4. The molecule has 0 saturated carbocycles. The van der Waals surface area contributed by atoms with Crippen molar-refractivity contribution in [1.29, 1.82) is 0 Å². The summed E-state index contributed by atoms with van der Waals surface area (Å²) in [4.78, 5) is 25.6. The molecule has 1 saturated heterocycles. The van der Waals surface area contributed by atoms with E-state index in [1.54, 1.807) is 29.6 Å². The number of benzene rings is 1. The zero-order chi connectivity index (χ0) is 22.9. The first-order chi connectivity index (χ1) is 16.1. The van der Waals surface area contributed by atoms with Crippen LogP contribution < -0.4 is 4.74 Å². The third kappa shape index (κ3) is 3.73. The summed E-state index contributed by atoms with van der Waals surface area (Å²) in [6.45, 7) is 6.94. The molecule has 1 aliphatic rings. The topological polar surface area (TPSA) is 112 Å². The van der Waals surface area contributed by atoms with Crippen LogP contribution in [0.4, 0.5) is 0 Å². The Labute approximate surface area is 190 Å². The third-order valence-electron chi connectivity index (χ3n) is 5.78. The molecule has 0 radical (unpaired) electrons. The second-order valence-corrected chi connectivity index (χ2v) is 7.82. The molecule has 168 valence electrons. The van der Waals surface area contributed by atoms with Crippen molar-refractivity contribution < 1.29 is 14.1 Å². The summed E-state index contributed by atoms with van der Waals surface area (Å²) in [7, 11) is 0. The Morgan fingerprint density at radius 3 is 2.70 bits per heavy atom. The third-order valence-corrected chi connectivity index (χ3v) is 5.78. The van der Waals surface area contributed by atoms with Gasteiger partial charge in [-0.05, 0) is 62.6 Å². The van der Waals surface area contributed by atoms with Gasteiger partial charge in [0, 0.05) is 12.7 Å². The van der Waals surface area contributed by atoms with Crippen LogP contribution in [-0.2, 0) is 0 Å². The highest BCUT2D eigenvalue weighted by Gasteiger charge is 2.38. The molecule has 1 aliphatic heterocycles. The summed E-state index contributed by atoms with van der Waals surface area (Å²) in [5.41, 5.74) is 3.88. The van der Waals surface area contributed by atoms with Gasteiger partial charge in [-0.1, -0.05) is 5.16 Å². The second kappa shape index (κ2) is 8.45. The van der Waals surface area contributed by atoms with E-state index in [4.69, 9.17) is 9.26 Å². The number of amides is 1. The molecule has 33 heavy (non-hydrogen) atoms. The van der Waals surface area contributed by atoms with E-state index >= 15 is 0 Å². The highest BCUT2D eigenvalue weighted by atomic mass is 16.5. The molecule has 10 nitrogen and oxygen atoms in total. The van der Waals surface area contributed by atoms with E-state index in [-0.39, 0.29) is 11.9 Å². The molecule has 1 atom stereocenters. The van der Waals surface area contributed by atoms with Crippen molar-refractivity contribution in [2.24, 2.45) is 0 Å². The van der Waals surface area contributed by atoms with Gasteiger partial charge in [0.05, 0.1) is 36.3 Å². The summed E-state index contributed by atoms with van der Waals surface area (Å²) in [5.74, 6) is 1.08. The van der Waals surface area contributed by atoms with Crippen LogP contribution >= 0.6 is 0 Å². The average molecular weight is 445 g/mol. The number of aryl methyl sites for hydroxylation is 2. The fourth-order valence-electron chi connectivity index (χ4n) is 3.82. The van der Waals surface area contributed by atoms with Crippen molar-refractivity contribution in [3.8, 4) is 23.0 Å². The van der Waals surface area contributed by atoms with E-state index in [1.165, 1.54) is 4.80 Å². The lowest BCUT2D eigenvalue weighted by Crippen LogP contribution is -2.46. The lowest BCUT2D eigenvalue weighted by atomic mass is 9.97. The number of carbonyl (C=O) groups excluding carboxylic acids is 1. The fraction of sp³-hybridized carbons (Fsp3) is 0.304. The van der Waals surface area contributed by atoms with Crippen LogP contribution in [-0.4, -0.2) is 54.1 Å². The Balaban J connectivity index is 1.44. The lowest BCUT2D eigenvalue weighted by Gasteiger charge is -2.39. The highest BCUT2D eigenvalue weighted by Crippen LogP contribution is 2.36. The quantitative estimate of drug-likeness (QED) is 0.444. The van der Waals surface area contributed by atoms with Crippen molar-refractivity contribution in [1.82, 2.24) is 35.0 Å². The van der Waals surface area contributed by atoms with Gasteiger partial charge >= 0.3 is 0 Å². The number of carbonyl (C=O) groups is 1. The van der Waals surface area contributed by atoms with Crippen LogP contribution in [0.2, 0.25) is 0 Å². The minimum absolute atomic E-state index is 0.121. The van der Waals surface area contributed by atoms with Gasteiger partial charge < -0.3 is 14.2 Å². The molecule has 1 fully saturated rings. The Kier molecular flexibility index (Phi) is 5.33. The maximum Gasteiger partial charge on any atom is 0.263 e. The van der Waals surface area contributed by atoms with Crippen molar-refractivity contribution in [2.75, 3.05) is 13.2 Å². The van der Waals surface area contributed by atoms with Gasteiger partial charge in [-0.15, -0.1) is 0 Å². The number of hydrogen-bond acceptors (Lipinski definition) is 8. The minimum Gasteiger partial charge on any atom is -0.477 e. The molecule has 4 aromatic rings. The average Bonchev–Trinajstić information content (AvgIpc) is 3.48. The van der Waals surface area contributed by atoms with Crippen molar-refractivity contribution in [2.45, 2.75) is 33.2 Å². The predicted molar refractivity (Wildman–Crippen MR) is 118 cm³/mol. The molecule has 0 aliphatic carbocycles. The molecule has 4 heterocycles. The number of aromatic nitrogens is 6. The highest BCUT2D eigenvalue weighted by molar-refractivity contribution is 5.98. The van der Waals surface area contributed by atoms with E-state index in [9.17, 15) is 4.79 Å². The molecular formula is C23H23N7O3. The Morgan fingerprint density at radius 1 is 1.18 bits per heavy atom. The predicted octanol–water partition coefficient (Wildman–Crippen LogP) is 3.32. The first kappa shape index (κ1) is 20.8. The van der Waals surface area contributed by atoms with Crippen molar-refractivity contribution in [3.63, 3.8) is 0 Å².